The van der Waals surface area contributed by atoms with Crippen molar-refractivity contribution in [3.63, 3.8) is 0 Å². The van der Waals surface area contributed by atoms with Crippen LogP contribution < -0.4 is 14.8 Å². The highest BCUT2D eigenvalue weighted by Gasteiger charge is 2.27. The second-order valence-electron chi connectivity index (χ2n) is 7.06. The molecule has 138 valence electrons. The Labute approximate surface area is 148 Å². The maximum absolute atomic E-state index is 12.7. The molecule has 1 aliphatic heterocycles. The average Bonchev–Trinajstić information content (AvgIpc) is 2.59. The molecule has 1 N–H and O–H groups in total. The van der Waals surface area contributed by atoms with Gasteiger partial charge in [-0.1, -0.05) is 0 Å². The molecule has 7 heteroatoms. The number of nitrogens with one attached hydrogen (secondary N) is 1. The van der Waals surface area contributed by atoms with E-state index in [1.54, 1.807) is 42.2 Å². The summed E-state index contributed by atoms with van der Waals surface area (Å²) in [5, 5.41) is 2.95. The lowest BCUT2D eigenvalue weighted by Crippen LogP contribution is -2.56. The third-order valence-electron chi connectivity index (χ3n) is 3.93. The average molecular weight is 349 g/mol. The standard InChI is InChI=1S/C18H27N3O4/c1-18(2,3)19-17(23)21-8-6-20(7-9-21)16(22)13-10-14(24-4)12-15(11-13)25-5/h10-12H,6-9H2,1-5H3,(H,19,23). The van der Waals surface area contributed by atoms with Crippen molar-refractivity contribution >= 4 is 11.9 Å². The van der Waals surface area contributed by atoms with Gasteiger partial charge in [0.05, 0.1) is 14.2 Å². The first-order chi connectivity index (χ1) is 11.7. The monoisotopic (exact) mass is 349 g/mol. The Morgan fingerprint density at radius 1 is 0.920 bits per heavy atom. The van der Waals surface area contributed by atoms with E-state index in [4.69, 9.17) is 9.47 Å². The molecule has 0 atom stereocenters. The van der Waals surface area contributed by atoms with Crippen LogP contribution in [0.25, 0.3) is 0 Å². The Morgan fingerprint density at radius 3 is 1.84 bits per heavy atom. The first-order valence-electron chi connectivity index (χ1n) is 8.33. The number of hydrogen-bond acceptors (Lipinski definition) is 4. The van der Waals surface area contributed by atoms with Crippen LogP contribution in [-0.4, -0.2) is 67.7 Å². The number of hydrogen-bond donors (Lipinski definition) is 1. The van der Waals surface area contributed by atoms with E-state index in [9.17, 15) is 9.59 Å². The lowest BCUT2D eigenvalue weighted by Gasteiger charge is -2.36. The van der Waals surface area contributed by atoms with Crippen LogP contribution in [0.15, 0.2) is 18.2 Å². The van der Waals surface area contributed by atoms with Crippen LogP contribution >= 0.6 is 0 Å². The normalized spacial score (nSPS) is 14.9. The van der Waals surface area contributed by atoms with Crippen molar-refractivity contribution in [3.05, 3.63) is 23.8 Å². The van der Waals surface area contributed by atoms with E-state index in [-0.39, 0.29) is 17.5 Å². The predicted molar refractivity (Wildman–Crippen MR) is 95.3 cm³/mol. The zero-order valence-corrected chi connectivity index (χ0v) is 15.6. The maximum atomic E-state index is 12.7. The third kappa shape index (κ3) is 5.01. The van der Waals surface area contributed by atoms with Crippen molar-refractivity contribution in [1.29, 1.82) is 0 Å². The van der Waals surface area contributed by atoms with Gasteiger partial charge in [0.2, 0.25) is 0 Å². The molecule has 1 aliphatic rings. The number of carbonyl (C=O) groups excluding carboxylic acids is 2. The maximum Gasteiger partial charge on any atom is 0.317 e. The lowest BCUT2D eigenvalue weighted by atomic mass is 10.1. The largest absolute Gasteiger partial charge is 0.497 e. The van der Waals surface area contributed by atoms with Gasteiger partial charge in [-0.3, -0.25) is 4.79 Å². The molecule has 0 radical (unpaired) electrons. The van der Waals surface area contributed by atoms with Crippen molar-refractivity contribution in [3.8, 4) is 11.5 Å². The zero-order chi connectivity index (χ0) is 18.6. The van der Waals surface area contributed by atoms with Gasteiger partial charge in [-0.15, -0.1) is 0 Å². The van der Waals surface area contributed by atoms with Gasteiger partial charge in [0.25, 0.3) is 5.91 Å². The van der Waals surface area contributed by atoms with Crippen LogP contribution in [0.5, 0.6) is 11.5 Å². The molecule has 0 unspecified atom stereocenters. The summed E-state index contributed by atoms with van der Waals surface area (Å²) < 4.78 is 10.4. The summed E-state index contributed by atoms with van der Waals surface area (Å²) in [6.07, 6.45) is 0. The van der Waals surface area contributed by atoms with Crippen molar-refractivity contribution < 1.29 is 19.1 Å². The molecular weight excluding hydrogens is 322 g/mol. The van der Waals surface area contributed by atoms with E-state index in [0.29, 0.717) is 43.2 Å². The van der Waals surface area contributed by atoms with E-state index in [2.05, 4.69) is 5.32 Å². The molecule has 25 heavy (non-hydrogen) atoms. The molecule has 7 nitrogen and oxygen atoms in total. The van der Waals surface area contributed by atoms with Gasteiger partial charge in [0, 0.05) is 43.3 Å². The molecule has 0 aliphatic carbocycles. The molecule has 1 saturated heterocycles. The fraction of sp³-hybridized carbons (Fsp3) is 0.556. The van der Waals surface area contributed by atoms with Crippen molar-refractivity contribution in [2.24, 2.45) is 0 Å². The number of nitrogens with zero attached hydrogens (tertiary/aromatic N) is 2. The molecule has 1 aromatic rings. The first-order valence-corrected chi connectivity index (χ1v) is 8.33. The van der Waals surface area contributed by atoms with E-state index in [0.717, 1.165) is 0 Å². The topological polar surface area (TPSA) is 71.1 Å². The zero-order valence-electron chi connectivity index (χ0n) is 15.6. The molecule has 0 bridgehead atoms. The Hall–Kier alpha value is -2.44. The molecule has 1 fully saturated rings. The summed E-state index contributed by atoms with van der Waals surface area (Å²) in [4.78, 5) is 28.4. The number of ether oxygens (including phenoxy) is 2. The quantitative estimate of drug-likeness (QED) is 0.906. The van der Waals surface area contributed by atoms with Crippen LogP contribution in [0.1, 0.15) is 31.1 Å². The van der Waals surface area contributed by atoms with E-state index >= 15 is 0 Å². The van der Waals surface area contributed by atoms with Gasteiger partial charge in [0.1, 0.15) is 11.5 Å². The minimum absolute atomic E-state index is 0.0897. The Balaban J connectivity index is 2.01. The highest BCUT2D eigenvalue weighted by Crippen LogP contribution is 2.23. The fourth-order valence-corrected chi connectivity index (χ4v) is 2.63. The lowest BCUT2D eigenvalue weighted by molar-refractivity contribution is 0.0660. The smallest absolute Gasteiger partial charge is 0.317 e. The molecule has 3 amide bonds. The number of benzene rings is 1. The molecular formula is C18H27N3O4. The summed E-state index contributed by atoms with van der Waals surface area (Å²) in [5.74, 6) is 1.06. The molecule has 2 rings (SSSR count). The van der Waals surface area contributed by atoms with Crippen LogP contribution in [-0.2, 0) is 0 Å². The second kappa shape index (κ2) is 7.63. The number of rotatable bonds is 3. The second-order valence-corrected chi connectivity index (χ2v) is 7.06. The SMILES string of the molecule is COc1cc(OC)cc(C(=O)N2CCN(C(=O)NC(C)(C)C)CC2)c1. The van der Waals surface area contributed by atoms with Gasteiger partial charge in [-0.25, -0.2) is 4.79 Å². The number of urea groups is 1. The van der Waals surface area contributed by atoms with E-state index < -0.39 is 0 Å². The fourth-order valence-electron chi connectivity index (χ4n) is 2.63. The number of amides is 3. The van der Waals surface area contributed by atoms with Crippen LogP contribution in [0.3, 0.4) is 0 Å². The summed E-state index contributed by atoms with van der Waals surface area (Å²) in [7, 11) is 3.10. The first kappa shape index (κ1) is 18.9. The minimum Gasteiger partial charge on any atom is -0.497 e. The molecule has 1 aromatic carbocycles. The Bertz CT molecular complexity index is 609. The van der Waals surface area contributed by atoms with Crippen molar-refractivity contribution in [1.82, 2.24) is 15.1 Å². The van der Waals surface area contributed by atoms with Crippen LogP contribution in [0, 0.1) is 0 Å². The summed E-state index contributed by atoms with van der Waals surface area (Å²) in [5.41, 5.74) is 0.241. The molecule has 0 spiro atoms. The van der Waals surface area contributed by atoms with Gasteiger partial charge < -0.3 is 24.6 Å². The van der Waals surface area contributed by atoms with Crippen molar-refractivity contribution in [2.45, 2.75) is 26.3 Å². The van der Waals surface area contributed by atoms with Crippen molar-refractivity contribution in [2.75, 3.05) is 40.4 Å². The third-order valence-corrected chi connectivity index (χ3v) is 3.93. The van der Waals surface area contributed by atoms with Gasteiger partial charge in [-0.2, -0.15) is 0 Å². The van der Waals surface area contributed by atoms with Gasteiger partial charge in [0.15, 0.2) is 0 Å². The van der Waals surface area contributed by atoms with Crippen LogP contribution in [0.2, 0.25) is 0 Å². The Morgan fingerprint density at radius 2 is 1.40 bits per heavy atom. The molecule has 0 saturated carbocycles. The number of carbonyl (C=O) groups is 2. The number of piperazine rings is 1. The highest BCUT2D eigenvalue weighted by molar-refractivity contribution is 5.95. The molecule has 0 aromatic heterocycles. The van der Waals surface area contributed by atoms with Crippen LogP contribution in [0.4, 0.5) is 4.79 Å². The van der Waals surface area contributed by atoms with E-state index in [1.165, 1.54) is 0 Å². The van der Waals surface area contributed by atoms with Gasteiger partial charge >= 0.3 is 6.03 Å². The van der Waals surface area contributed by atoms with Gasteiger partial charge in [-0.05, 0) is 32.9 Å². The summed E-state index contributed by atoms with van der Waals surface area (Å²) in [6.45, 7) is 7.85. The van der Waals surface area contributed by atoms with E-state index in [1.807, 2.05) is 20.8 Å². The Kier molecular flexibility index (Phi) is 5.77. The minimum atomic E-state index is -0.277. The summed E-state index contributed by atoms with van der Waals surface area (Å²) >= 11 is 0. The number of methoxy groups -OCH3 is 2. The highest BCUT2D eigenvalue weighted by atomic mass is 16.5. The predicted octanol–water partition coefficient (Wildman–Crippen LogP) is 1.97. The molecule has 1 heterocycles. The summed E-state index contributed by atoms with van der Waals surface area (Å²) in [6, 6.07) is 5.03.